The van der Waals surface area contributed by atoms with Crippen molar-refractivity contribution in [3.63, 3.8) is 0 Å². The SMILES string of the molecule is CC(SCc1ncc(-c2ccc(Cl)cc2)o1)C(=O)N1CC[C@@H](N)C1. The minimum absolute atomic E-state index is 0.111. The summed E-state index contributed by atoms with van der Waals surface area (Å²) in [6.45, 7) is 3.33. The van der Waals surface area contributed by atoms with Crippen LogP contribution in [0.2, 0.25) is 5.02 Å². The normalized spacial score (nSPS) is 18.8. The van der Waals surface area contributed by atoms with Crippen molar-refractivity contribution in [1.29, 1.82) is 0 Å². The number of thioether (sulfide) groups is 1. The van der Waals surface area contributed by atoms with E-state index < -0.39 is 0 Å². The van der Waals surface area contributed by atoms with Gasteiger partial charge in [-0.2, -0.15) is 0 Å². The number of benzene rings is 1. The van der Waals surface area contributed by atoms with E-state index in [1.54, 1.807) is 6.20 Å². The molecule has 2 heterocycles. The standard InChI is InChI=1S/C17H20ClN3O2S/c1-11(17(22)21-7-6-14(19)9-21)24-10-16-20-8-15(23-16)12-2-4-13(18)5-3-12/h2-5,8,11,14H,6-7,9-10,19H2,1H3/t11?,14-/m1/s1. The van der Waals surface area contributed by atoms with Crippen LogP contribution in [-0.2, 0) is 10.5 Å². The van der Waals surface area contributed by atoms with Gasteiger partial charge in [0.05, 0.1) is 17.2 Å². The second-order valence-electron chi connectivity index (χ2n) is 5.91. The summed E-state index contributed by atoms with van der Waals surface area (Å²) in [6, 6.07) is 7.52. The number of aromatic nitrogens is 1. The molecule has 128 valence electrons. The first-order chi connectivity index (χ1) is 11.5. The molecule has 0 radical (unpaired) electrons. The number of amides is 1. The van der Waals surface area contributed by atoms with Crippen molar-refractivity contribution >= 4 is 29.3 Å². The van der Waals surface area contributed by atoms with Crippen molar-refractivity contribution in [2.24, 2.45) is 5.73 Å². The Hall–Kier alpha value is -1.50. The molecular weight excluding hydrogens is 346 g/mol. The van der Waals surface area contributed by atoms with Crippen molar-refractivity contribution in [2.45, 2.75) is 30.4 Å². The average molecular weight is 366 g/mol. The number of hydrogen-bond acceptors (Lipinski definition) is 5. The number of nitrogens with zero attached hydrogens (tertiary/aromatic N) is 2. The molecule has 1 aliphatic heterocycles. The molecule has 1 saturated heterocycles. The molecule has 1 aromatic carbocycles. The molecule has 2 atom stereocenters. The van der Waals surface area contributed by atoms with Gasteiger partial charge >= 0.3 is 0 Å². The fraction of sp³-hybridized carbons (Fsp3) is 0.412. The fourth-order valence-electron chi connectivity index (χ4n) is 2.64. The first kappa shape index (κ1) is 17.3. The maximum Gasteiger partial charge on any atom is 0.235 e. The van der Waals surface area contributed by atoms with E-state index in [2.05, 4.69) is 4.98 Å². The van der Waals surface area contributed by atoms with Gasteiger partial charge in [0.15, 0.2) is 5.76 Å². The molecule has 1 unspecified atom stereocenters. The van der Waals surface area contributed by atoms with Gasteiger partial charge in [0.2, 0.25) is 11.8 Å². The van der Waals surface area contributed by atoms with Gasteiger partial charge in [-0.3, -0.25) is 4.79 Å². The molecule has 2 N–H and O–H groups in total. The lowest BCUT2D eigenvalue weighted by atomic mass is 10.2. The summed E-state index contributed by atoms with van der Waals surface area (Å²) >= 11 is 7.42. The molecule has 0 aliphatic carbocycles. The maximum absolute atomic E-state index is 12.4. The monoisotopic (exact) mass is 365 g/mol. The van der Waals surface area contributed by atoms with Crippen molar-refractivity contribution in [3.05, 3.63) is 41.4 Å². The lowest BCUT2D eigenvalue weighted by Crippen LogP contribution is -2.36. The molecule has 2 aromatic rings. The summed E-state index contributed by atoms with van der Waals surface area (Å²) in [4.78, 5) is 18.5. The molecule has 3 rings (SSSR count). The minimum atomic E-state index is -0.138. The highest BCUT2D eigenvalue weighted by molar-refractivity contribution is 7.99. The highest BCUT2D eigenvalue weighted by Crippen LogP contribution is 2.25. The lowest BCUT2D eigenvalue weighted by molar-refractivity contribution is -0.129. The smallest absolute Gasteiger partial charge is 0.235 e. The van der Waals surface area contributed by atoms with Crippen LogP contribution in [-0.4, -0.2) is 40.2 Å². The Labute approximate surface area is 150 Å². The third kappa shape index (κ3) is 4.12. The Balaban J connectivity index is 1.55. The van der Waals surface area contributed by atoms with E-state index in [9.17, 15) is 4.79 Å². The second-order valence-corrected chi connectivity index (χ2v) is 7.68. The summed E-state index contributed by atoms with van der Waals surface area (Å²) in [6.07, 6.45) is 2.58. The van der Waals surface area contributed by atoms with Gasteiger partial charge < -0.3 is 15.1 Å². The average Bonchev–Trinajstić information content (AvgIpc) is 3.22. The predicted molar refractivity (Wildman–Crippen MR) is 96.9 cm³/mol. The first-order valence-corrected chi connectivity index (χ1v) is 9.32. The van der Waals surface area contributed by atoms with Crippen LogP contribution < -0.4 is 5.73 Å². The van der Waals surface area contributed by atoms with Crippen LogP contribution in [0.3, 0.4) is 0 Å². The van der Waals surface area contributed by atoms with Crippen LogP contribution in [0.25, 0.3) is 11.3 Å². The number of carbonyl (C=O) groups excluding carboxylic acids is 1. The number of likely N-dealkylation sites (tertiary alicyclic amines) is 1. The second kappa shape index (κ2) is 7.59. The lowest BCUT2D eigenvalue weighted by Gasteiger charge is -2.19. The Bertz CT molecular complexity index is 704. The number of hydrogen-bond donors (Lipinski definition) is 1. The maximum atomic E-state index is 12.4. The molecule has 1 amide bonds. The molecule has 1 aromatic heterocycles. The van der Waals surface area contributed by atoms with E-state index >= 15 is 0 Å². The third-order valence-electron chi connectivity index (χ3n) is 4.02. The number of rotatable bonds is 5. The Kier molecular flexibility index (Phi) is 5.48. The molecule has 0 saturated carbocycles. The molecule has 0 bridgehead atoms. The zero-order chi connectivity index (χ0) is 17.1. The highest BCUT2D eigenvalue weighted by Gasteiger charge is 2.27. The van der Waals surface area contributed by atoms with Crippen LogP contribution in [0, 0.1) is 0 Å². The predicted octanol–water partition coefficient (Wildman–Crippen LogP) is 3.18. The topological polar surface area (TPSA) is 72.4 Å². The van der Waals surface area contributed by atoms with Gasteiger partial charge in [-0.05, 0) is 37.6 Å². The number of oxazole rings is 1. The van der Waals surface area contributed by atoms with Crippen LogP contribution in [0.5, 0.6) is 0 Å². The zero-order valence-electron chi connectivity index (χ0n) is 13.4. The van der Waals surface area contributed by atoms with Crippen molar-refractivity contribution in [3.8, 4) is 11.3 Å². The van der Waals surface area contributed by atoms with Crippen LogP contribution in [0.4, 0.5) is 0 Å². The van der Waals surface area contributed by atoms with Crippen LogP contribution in [0.1, 0.15) is 19.2 Å². The van der Waals surface area contributed by atoms with Gasteiger partial charge in [-0.25, -0.2) is 4.98 Å². The summed E-state index contributed by atoms with van der Waals surface area (Å²) in [5, 5.41) is 0.546. The van der Waals surface area contributed by atoms with Gasteiger partial charge in [0.25, 0.3) is 0 Å². The largest absolute Gasteiger partial charge is 0.440 e. The molecular formula is C17H20ClN3O2S. The number of carbonyl (C=O) groups is 1. The van der Waals surface area contributed by atoms with E-state index in [1.807, 2.05) is 36.1 Å². The Morgan fingerprint density at radius 2 is 2.25 bits per heavy atom. The Morgan fingerprint density at radius 3 is 2.92 bits per heavy atom. The highest BCUT2D eigenvalue weighted by atomic mass is 35.5. The molecule has 24 heavy (non-hydrogen) atoms. The van der Waals surface area contributed by atoms with E-state index in [-0.39, 0.29) is 17.2 Å². The third-order valence-corrected chi connectivity index (χ3v) is 5.39. The van der Waals surface area contributed by atoms with E-state index in [4.69, 9.17) is 21.8 Å². The van der Waals surface area contributed by atoms with Crippen LogP contribution >= 0.6 is 23.4 Å². The van der Waals surface area contributed by atoms with Gasteiger partial charge in [0, 0.05) is 29.7 Å². The summed E-state index contributed by atoms with van der Waals surface area (Å²) in [5.74, 6) is 2.01. The minimum Gasteiger partial charge on any atom is -0.440 e. The van der Waals surface area contributed by atoms with Gasteiger partial charge in [-0.1, -0.05) is 11.6 Å². The zero-order valence-corrected chi connectivity index (χ0v) is 15.0. The molecule has 0 spiro atoms. The van der Waals surface area contributed by atoms with E-state index in [1.165, 1.54) is 11.8 Å². The fourth-order valence-corrected chi connectivity index (χ4v) is 3.58. The molecule has 1 fully saturated rings. The van der Waals surface area contributed by atoms with Crippen molar-refractivity contribution in [2.75, 3.05) is 13.1 Å². The van der Waals surface area contributed by atoms with E-state index in [0.717, 1.165) is 18.5 Å². The summed E-state index contributed by atoms with van der Waals surface area (Å²) < 4.78 is 5.76. The molecule has 7 heteroatoms. The van der Waals surface area contributed by atoms with Gasteiger partial charge in [-0.15, -0.1) is 11.8 Å². The molecule has 1 aliphatic rings. The summed E-state index contributed by atoms with van der Waals surface area (Å²) in [7, 11) is 0. The van der Waals surface area contributed by atoms with Crippen LogP contribution in [0.15, 0.2) is 34.9 Å². The Morgan fingerprint density at radius 1 is 1.50 bits per heavy atom. The molecule has 5 nitrogen and oxygen atoms in total. The van der Waals surface area contributed by atoms with Crippen molar-refractivity contribution < 1.29 is 9.21 Å². The van der Waals surface area contributed by atoms with E-state index in [0.29, 0.717) is 29.0 Å². The first-order valence-electron chi connectivity index (χ1n) is 7.89. The van der Waals surface area contributed by atoms with Gasteiger partial charge in [0.1, 0.15) is 0 Å². The van der Waals surface area contributed by atoms with Crippen molar-refractivity contribution in [1.82, 2.24) is 9.88 Å². The summed E-state index contributed by atoms with van der Waals surface area (Å²) in [5.41, 5.74) is 6.79. The quantitative estimate of drug-likeness (QED) is 0.881. The number of halogens is 1. The number of nitrogens with two attached hydrogens (primary N) is 1.